The fraction of sp³-hybridized carbons (Fsp3) is 0.0909. The van der Waals surface area contributed by atoms with Gasteiger partial charge in [-0.05, 0) is 18.2 Å². The van der Waals surface area contributed by atoms with Gasteiger partial charge in [0.15, 0.2) is 0 Å². The van der Waals surface area contributed by atoms with E-state index in [9.17, 15) is 14.0 Å². The lowest BCUT2D eigenvalue weighted by molar-refractivity contribution is -0.120. The number of hydrogen-bond acceptors (Lipinski definition) is 2. The number of nitrogens with zero attached hydrogens (tertiary/aromatic N) is 1. The molecule has 1 aliphatic rings. The minimum absolute atomic E-state index is 0.00612. The first-order chi connectivity index (χ1) is 7.50. The highest BCUT2D eigenvalue weighted by Gasteiger charge is 2.33. The summed E-state index contributed by atoms with van der Waals surface area (Å²) in [5.41, 5.74) is 0.491. The zero-order valence-corrected chi connectivity index (χ0v) is 8.92. The summed E-state index contributed by atoms with van der Waals surface area (Å²) in [6.45, 7) is 3.48. The van der Waals surface area contributed by atoms with Gasteiger partial charge in [0.05, 0.1) is 17.1 Å². The molecule has 82 valence electrons. The van der Waals surface area contributed by atoms with Gasteiger partial charge in [-0.2, -0.15) is 0 Å². The molecular weight excluding hydrogens is 233 g/mol. The van der Waals surface area contributed by atoms with E-state index in [1.165, 1.54) is 12.1 Å². The molecule has 1 heterocycles. The summed E-state index contributed by atoms with van der Waals surface area (Å²) >= 11 is 5.58. The summed E-state index contributed by atoms with van der Waals surface area (Å²) in [6, 6.07) is 3.68. The van der Waals surface area contributed by atoms with Crippen LogP contribution in [-0.2, 0) is 9.59 Å². The first kappa shape index (κ1) is 10.8. The van der Waals surface area contributed by atoms with Crippen LogP contribution in [0.25, 0.3) is 0 Å². The predicted octanol–water partition coefficient (Wildman–Crippen LogP) is 2.30. The molecule has 0 saturated carbocycles. The average molecular weight is 240 g/mol. The van der Waals surface area contributed by atoms with Crippen LogP contribution in [0.3, 0.4) is 0 Å². The molecule has 16 heavy (non-hydrogen) atoms. The van der Waals surface area contributed by atoms with Crippen molar-refractivity contribution in [3.63, 3.8) is 0 Å². The van der Waals surface area contributed by atoms with Gasteiger partial charge < -0.3 is 0 Å². The van der Waals surface area contributed by atoms with Crippen molar-refractivity contribution < 1.29 is 14.0 Å². The summed E-state index contributed by atoms with van der Waals surface area (Å²) in [6.07, 6.45) is -0.00612. The van der Waals surface area contributed by atoms with Gasteiger partial charge in [-0.3, -0.25) is 9.59 Å². The van der Waals surface area contributed by atoms with Crippen molar-refractivity contribution >= 4 is 29.1 Å². The molecule has 3 nitrogen and oxygen atoms in total. The first-order valence-electron chi connectivity index (χ1n) is 4.51. The Morgan fingerprint density at radius 2 is 2.06 bits per heavy atom. The Balaban J connectivity index is 2.45. The number of rotatable bonds is 1. The van der Waals surface area contributed by atoms with E-state index < -0.39 is 11.7 Å². The molecule has 1 aromatic rings. The highest BCUT2D eigenvalue weighted by molar-refractivity contribution is 6.32. The van der Waals surface area contributed by atoms with Crippen LogP contribution in [0.4, 0.5) is 10.1 Å². The van der Waals surface area contributed by atoms with Crippen molar-refractivity contribution in [2.75, 3.05) is 4.90 Å². The smallest absolute Gasteiger partial charge is 0.260 e. The second-order valence-electron chi connectivity index (χ2n) is 3.41. The van der Waals surface area contributed by atoms with E-state index in [2.05, 4.69) is 6.58 Å². The highest BCUT2D eigenvalue weighted by Crippen LogP contribution is 2.28. The Labute approximate surface area is 96.1 Å². The van der Waals surface area contributed by atoms with Crippen molar-refractivity contribution in [1.82, 2.24) is 0 Å². The molecule has 2 rings (SSSR count). The molecule has 1 aliphatic heterocycles. The number of amides is 2. The van der Waals surface area contributed by atoms with E-state index in [1.807, 2.05) is 0 Å². The summed E-state index contributed by atoms with van der Waals surface area (Å²) in [4.78, 5) is 24.0. The molecule has 1 saturated heterocycles. The molecule has 0 N–H and O–H groups in total. The van der Waals surface area contributed by atoms with Crippen molar-refractivity contribution in [1.29, 1.82) is 0 Å². The normalized spacial score (nSPS) is 16.1. The topological polar surface area (TPSA) is 37.4 Å². The Kier molecular flexibility index (Phi) is 2.52. The summed E-state index contributed by atoms with van der Waals surface area (Å²) in [5, 5.41) is -0.129. The Hall–Kier alpha value is -1.68. The van der Waals surface area contributed by atoms with Crippen LogP contribution in [0.15, 0.2) is 30.4 Å². The Bertz CT molecular complexity index is 513. The van der Waals surface area contributed by atoms with Crippen molar-refractivity contribution in [3.8, 4) is 0 Å². The molecule has 1 aromatic carbocycles. The van der Waals surface area contributed by atoms with E-state index in [4.69, 9.17) is 11.6 Å². The van der Waals surface area contributed by atoms with Crippen LogP contribution in [0, 0.1) is 5.82 Å². The maximum atomic E-state index is 12.9. The van der Waals surface area contributed by atoms with Gasteiger partial charge in [-0.25, -0.2) is 9.29 Å². The Morgan fingerprint density at radius 1 is 1.38 bits per heavy atom. The number of carbonyl (C=O) groups is 2. The monoisotopic (exact) mass is 239 g/mol. The zero-order valence-electron chi connectivity index (χ0n) is 8.17. The molecular formula is C11H7ClFNO2. The van der Waals surface area contributed by atoms with E-state index >= 15 is 0 Å². The fourth-order valence-electron chi connectivity index (χ4n) is 1.49. The van der Waals surface area contributed by atoms with Crippen LogP contribution >= 0.6 is 11.6 Å². The zero-order chi connectivity index (χ0) is 11.9. The van der Waals surface area contributed by atoms with Gasteiger partial charge in [0.2, 0.25) is 5.91 Å². The van der Waals surface area contributed by atoms with Crippen molar-refractivity contribution in [2.45, 2.75) is 6.42 Å². The number of hydrogen-bond donors (Lipinski definition) is 0. The van der Waals surface area contributed by atoms with Gasteiger partial charge in [-0.15, -0.1) is 0 Å². The van der Waals surface area contributed by atoms with E-state index in [0.717, 1.165) is 11.0 Å². The molecule has 0 radical (unpaired) electrons. The van der Waals surface area contributed by atoms with Crippen LogP contribution in [0.2, 0.25) is 5.02 Å². The van der Waals surface area contributed by atoms with E-state index in [-0.39, 0.29) is 28.6 Å². The average Bonchev–Trinajstić information content (AvgIpc) is 2.47. The molecule has 0 bridgehead atoms. The summed E-state index contributed by atoms with van der Waals surface area (Å²) in [5.74, 6) is -1.44. The molecule has 0 unspecified atom stereocenters. The van der Waals surface area contributed by atoms with Crippen molar-refractivity contribution in [3.05, 3.63) is 41.2 Å². The third kappa shape index (κ3) is 1.61. The number of benzene rings is 1. The molecule has 0 aliphatic carbocycles. The largest absolute Gasteiger partial charge is 0.274 e. The van der Waals surface area contributed by atoms with Gasteiger partial charge in [0.25, 0.3) is 5.91 Å². The third-order valence-electron chi connectivity index (χ3n) is 2.28. The lowest BCUT2D eigenvalue weighted by Gasteiger charge is -2.13. The minimum Gasteiger partial charge on any atom is -0.274 e. The van der Waals surface area contributed by atoms with Crippen LogP contribution in [0.1, 0.15) is 6.42 Å². The quantitative estimate of drug-likeness (QED) is 0.557. The number of anilines is 1. The van der Waals surface area contributed by atoms with Gasteiger partial charge in [0.1, 0.15) is 5.82 Å². The van der Waals surface area contributed by atoms with Gasteiger partial charge >= 0.3 is 0 Å². The third-order valence-corrected chi connectivity index (χ3v) is 2.57. The number of imide groups is 1. The molecule has 2 amide bonds. The molecule has 0 atom stereocenters. The van der Waals surface area contributed by atoms with E-state index in [0.29, 0.717) is 0 Å². The van der Waals surface area contributed by atoms with Gasteiger partial charge in [0, 0.05) is 5.57 Å². The maximum absolute atomic E-state index is 12.9. The highest BCUT2D eigenvalue weighted by atomic mass is 35.5. The summed E-state index contributed by atoms with van der Waals surface area (Å²) in [7, 11) is 0. The molecule has 0 aromatic heterocycles. The first-order valence-corrected chi connectivity index (χ1v) is 4.88. The number of carbonyl (C=O) groups excluding carboxylic acids is 2. The van der Waals surface area contributed by atoms with Crippen LogP contribution in [-0.4, -0.2) is 11.8 Å². The van der Waals surface area contributed by atoms with Crippen LogP contribution in [0.5, 0.6) is 0 Å². The molecule has 0 spiro atoms. The standard InChI is InChI=1S/C11H7ClFNO2/c1-6-4-10(15)14(11(6)16)7-2-3-9(13)8(12)5-7/h2-3,5H,1,4H2. The molecule has 1 fully saturated rings. The maximum Gasteiger partial charge on any atom is 0.260 e. The van der Waals surface area contributed by atoms with Gasteiger partial charge in [-0.1, -0.05) is 18.2 Å². The fourth-order valence-corrected chi connectivity index (χ4v) is 1.67. The summed E-state index contributed by atoms with van der Waals surface area (Å²) < 4.78 is 12.9. The predicted molar refractivity (Wildman–Crippen MR) is 57.7 cm³/mol. The SMILES string of the molecule is C=C1CC(=O)N(c2ccc(F)c(Cl)c2)C1=O. The lowest BCUT2D eigenvalue weighted by atomic mass is 10.2. The number of halogens is 2. The second-order valence-corrected chi connectivity index (χ2v) is 3.82. The van der Waals surface area contributed by atoms with Crippen molar-refractivity contribution in [2.24, 2.45) is 0 Å². The second kappa shape index (κ2) is 3.72. The van der Waals surface area contributed by atoms with Crippen LogP contribution < -0.4 is 4.90 Å². The Morgan fingerprint density at radius 3 is 2.56 bits per heavy atom. The van der Waals surface area contributed by atoms with E-state index in [1.54, 1.807) is 0 Å². The molecule has 5 heteroatoms. The minimum atomic E-state index is -0.594. The lowest BCUT2D eigenvalue weighted by Crippen LogP contribution is -2.28.